The lowest BCUT2D eigenvalue weighted by Gasteiger charge is -2.08. The van der Waals surface area contributed by atoms with Crippen molar-refractivity contribution in [3.05, 3.63) is 59.8 Å². The molecule has 2 N–H and O–H groups in total. The molecule has 0 radical (unpaired) electrons. The molecule has 0 saturated heterocycles. The number of hydrogen-bond donors (Lipinski definition) is 2. The molecular formula is C17H15NO3. The van der Waals surface area contributed by atoms with Crippen molar-refractivity contribution in [2.24, 2.45) is 0 Å². The minimum absolute atomic E-state index is 0.0348. The van der Waals surface area contributed by atoms with Crippen LogP contribution in [0.5, 0.6) is 5.75 Å². The van der Waals surface area contributed by atoms with Crippen LogP contribution in [-0.4, -0.2) is 20.7 Å². The van der Waals surface area contributed by atoms with Crippen LogP contribution < -0.4 is 0 Å². The molecule has 0 aliphatic rings. The Morgan fingerprint density at radius 3 is 2.52 bits per heavy atom. The van der Waals surface area contributed by atoms with Gasteiger partial charge in [-0.15, -0.1) is 0 Å². The van der Waals surface area contributed by atoms with Crippen molar-refractivity contribution in [3.63, 3.8) is 0 Å². The Kier molecular flexibility index (Phi) is 3.14. The first-order valence-electron chi connectivity index (χ1n) is 6.68. The van der Waals surface area contributed by atoms with E-state index in [1.165, 1.54) is 0 Å². The van der Waals surface area contributed by atoms with Crippen LogP contribution in [0.15, 0.2) is 48.5 Å². The van der Waals surface area contributed by atoms with E-state index in [-0.39, 0.29) is 12.2 Å². The minimum Gasteiger partial charge on any atom is -0.508 e. The summed E-state index contributed by atoms with van der Waals surface area (Å²) in [6, 6.07) is 14.7. The van der Waals surface area contributed by atoms with Crippen LogP contribution >= 0.6 is 0 Å². The Labute approximate surface area is 121 Å². The van der Waals surface area contributed by atoms with Crippen LogP contribution in [-0.2, 0) is 11.2 Å². The van der Waals surface area contributed by atoms with Gasteiger partial charge in [0, 0.05) is 22.8 Å². The van der Waals surface area contributed by atoms with Crippen molar-refractivity contribution in [2.75, 3.05) is 0 Å². The summed E-state index contributed by atoms with van der Waals surface area (Å²) in [5, 5.41) is 19.7. The molecule has 0 bridgehead atoms. The fourth-order valence-corrected chi connectivity index (χ4v) is 2.75. The highest BCUT2D eigenvalue weighted by atomic mass is 16.4. The zero-order valence-electron chi connectivity index (χ0n) is 11.6. The summed E-state index contributed by atoms with van der Waals surface area (Å²) in [5.74, 6) is -0.697. The first-order valence-corrected chi connectivity index (χ1v) is 6.68. The highest BCUT2D eigenvalue weighted by Crippen LogP contribution is 2.31. The number of phenols is 1. The van der Waals surface area contributed by atoms with Gasteiger partial charge >= 0.3 is 5.97 Å². The van der Waals surface area contributed by atoms with Gasteiger partial charge in [-0.05, 0) is 36.8 Å². The summed E-state index contributed by atoms with van der Waals surface area (Å²) in [6.45, 7) is 1.91. The van der Waals surface area contributed by atoms with Crippen molar-refractivity contribution in [1.29, 1.82) is 0 Å². The number of benzene rings is 2. The standard InChI is InChI=1S/C17H15NO3/c1-11-15(10-17(20)21)14-8-7-13(19)9-16(14)18(11)12-5-3-2-4-6-12/h2-9,19H,10H2,1H3,(H,20,21). The Bertz CT molecular complexity index is 819. The van der Waals surface area contributed by atoms with Gasteiger partial charge in [-0.1, -0.05) is 18.2 Å². The van der Waals surface area contributed by atoms with E-state index >= 15 is 0 Å². The Balaban J connectivity index is 2.35. The quantitative estimate of drug-likeness (QED) is 0.774. The summed E-state index contributed by atoms with van der Waals surface area (Å²) in [4.78, 5) is 11.1. The fraction of sp³-hybridized carbons (Fsp3) is 0.118. The first kappa shape index (κ1) is 13.2. The van der Waals surface area contributed by atoms with E-state index in [2.05, 4.69) is 0 Å². The van der Waals surface area contributed by atoms with Crippen LogP contribution in [0.1, 0.15) is 11.3 Å². The summed E-state index contributed by atoms with van der Waals surface area (Å²) >= 11 is 0. The Morgan fingerprint density at radius 2 is 1.86 bits per heavy atom. The van der Waals surface area contributed by atoms with E-state index in [1.54, 1.807) is 18.2 Å². The van der Waals surface area contributed by atoms with Crippen molar-refractivity contribution in [1.82, 2.24) is 4.57 Å². The summed E-state index contributed by atoms with van der Waals surface area (Å²) in [5.41, 5.74) is 3.42. The van der Waals surface area contributed by atoms with Gasteiger partial charge in [0.2, 0.25) is 0 Å². The molecule has 0 amide bonds. The van der Waals surface area contributed by atoms with Gasteiger partial charge in [-0.2, -0.15) is 0 Å². The average Bonchev–Trinajstić information content (AvgIpc) is 2.71. The third kappa shape index (κ3) is 2.25. The number of aromatic hydroxyl groups is 1. The molecular weight excluding hydrogens is 266 g/mol. The Morgan fingerprint density at radius 1 is 1.14 bits per heavy atom. The second kappa shape index (κ2) is 4.98. The summed E-state index contributed by atoms with van der Waals surface area (Å²) in [7, 11) is 0. The van der Waals surface area contributed by atoms with Gasteiger partial charge in [0.25, 0.3) is 0 Å². The fourth-order valence-electron chi connectivity index (χ4n) is 2.75. The molecule has 1 heterocycles. The highest BCUT2D eigenvalue weighted by Gasteiger charge is 2.17. The summed E-state index contributed by atoms with van der Waals surface area (Å²) < 4.78 is 1.98. The van der Waals surface area contributed by atoms with E-state index in [9.17, 15) is 9.90 Å². The van der Waals surface area contributed by atoms with Crippen molar-refractivity contribution >= 4 is 16.9 Å². The number of aromatic nitrogens is 1. The number of carbonyl (C=O) groups is 1. The molecule has 0 fully saturated rings. The molecule has 0 spiro atoms. The maximum atomic E-state index is 11.1. The number of para-hydroxylation sites is 1. The van der Waals surface area contributed by atoms with Crippen molar-refractivity contribution in [3.8, 4) is 11.4 Å². The van der Waals surface area contributed by atoms with Gasteiger partial charge < -0.3 is 14.8 Å². The number of hydrogen-bond acceptors (Lipinski definition) is 2. The molecule has 21 heavy (non-hydrogen) atoms. The van der Waals surface area contributed by atoms with Crippen molar-refractivity contribution < 1.29 is 15.0 Å². The molecule has 0 saturated carbocycles. The molecule has 4 heteroatoms. The zero-order chi connectivity index (χ0) is 15.0. The average molecular weight is 281 g/mol. The number of aliphatic carboxylic acids is 1. The molecule has 3 rings (SSSR count). The lowest BCUT2D eigenvalue weighted by Crippen LogP contribution is -2.02. The molecule has 0 unspecified atom stereocenters. The smallest absolute Gasteiger partial charge is 0.307 e. The maximum absolute atomic E-state index is 11.1. The number of carboxylic acids is 1. The number of carboxylic acid groups (broad SMARTS) is 1. The molecule has 3 aromatic rings. The molecule has 0 atom stereocenters. The van der Waals surface area contributed by atoms with Crippen molar-refractivity contribution in [2.45, 2.75) is 13.3 Å². The van der Waals surface area contributed by atoms with E-state index in [0.717, 1.165) is 27.8 Å². The van der Waals surface area contributed by atoms with Crippen LogP contribution in [0.3, 0.4) is 0 Å². The normalized spacial score (nSPS) is 10.9. The van der Waals surface area contributed by atoms with Gasteiger partial charge in [0.15, 0.2) is 0 Å². The second-order valence-corrected chi connectivity index (χ2v) is 5.01. The third-order valence-electron chi connectivity index (χ3n) is 3.66. The zero-order valence-corrected chi connectivity index (χ0v) is 11.6. The largest absolute Gasteiger partial charge is 0.508 e. The molecule has 4 nitrogen and oxygen atoms in total. The predicted octanol–water partition coefficient (Wildman–Crippen LogP) is 3.27. The lowest BCUT2D eigenvalue weighted by atomic mass is 10.1. The molecule has 106 valence electrons. The van der Waals surface area contributed by atoms with E-state index in [1.807, 2.05) is 41.8 Å². The molecule has 0 aliphatic carbocycles. The number of fused-ring (bicyclic) bond motifs is 1. The molecule has 1 aromatic heterocycles. The maximum Gasteiger partial charge on any atom is 0.307 e. The SMILES string of the molecule is Cc1c(CC(=O)O)c2ccc(O)cc2n1-c1ccccc1. The summed E-state index contributed by atoms with van der Waals surface area (Å²) in [6.07, 6.45) is -0.0348. The number of phenolic OH excluding ortho intramolecular Hbond substituents is 1. The first-order chi connectivity index (χ1) is 10.1. The number of rotatable bonds is 3. The van der Waals surface area contributed by atoms with Crippen LogP contribution in [0, 0.1) is 6.92 Å². The number of nitrogens with zero attached hydrogens (tertiary/aromatic N) is 1. The topological polar surface area (TPSA) is 62.5 Å². The predicted molar refractivity (Wildman–Crippen MR) is 81.0 cm³/mol. The molecule has 2 aromatic carbocycles. The monoisotopic (exact) mass is 281 g/mol. The van der Waals surface area contributed by atoms with E-state index in [4.69, 9.17) is 5.11 Å². The molecule has 0 aliphatic heterocycles. The van der Waals surface area contributed by atoms with Crippen LogP contribution in [0.4, 0.5) is 0 Å². The van der Waals surface area contributed by atoms with E-state index in [0.29, 0.717) is 0 Å². The van der Waals surface area contributed by atoms with E-state index < -0.39 is 5.97 Å². The third-order valence-corrected chi connectivity index (χ3v) is 3.66. The lowest BCUT2D eigenvalue weighted by molar-refractivity contribution is -0.136. The van der Waals surface area contributed by atoms with Gasteiger partial charge in [0.05, 0.1) is 11.9 Å². The Hall–Kier alpha value is -2.75. The van der Waals surface area contributed by atoms with Gasteiger partial charge in [0.1, 0.15) is 5.75 Å². The highest BCUT2D eigenvalue weighted by molar-refractivity contribution is 5.91. The second-order valence-electron chi connectivity index (χ2n) is 5.01. The van der Waals surface area contributed by atoms with Gasteiger partial charge in [-0.3, -0.25) is 4.79 Å². The van der Waals surface area contributed by atoms with Crippen LogP contribution in [0.25, 0.3) is 16.6 Å². The minimum atomic E-state index is -0.863. The van der Waals surface area contributed by atoms with Crippen LogP contribution in [0.2, 0.25) is 0 Å². The van der Waals surface area contributed by atoms with Gasteiger partial charge in [-0.25, -0.2) is 0 Å².